The van der Waals surface area contributed by atoms with Crippen LogP contribution < -0.4 is 0 Å². The van der Waals surface area contributed by atoms with Crippen molar-refractivity contribution in [3.63, 3.8) is 0 Å². The van der Waals surface area contributed by atoms with Crippen molar-refractivity contribution in [1.82, 2.24) is 0 Å². The van der Waals surface area contributed by atoms with Crippen LogP contribution in [0.25, 0.3) is 0 Å². The maximum absolute atomic E-state index is 11.8. The third kappa shape index (κ3) is 3.30. The summed E-state index contributed by atoms with van der Waals surface area (Å²) in [5, 5.41) is 0. The number of halogens is 1. The Kier molecular flexibility index (Phi) is 4.87. The molecule has 0 saturated heterocycles. The monoisotopic (exact) mass is 169 g/mol. The van der Waals surface area contributed by atoms with Crippen LogP contribution in [-0.2, 0) is 13.6 Å². The van der Waals surface area contributed by atoms with E-state index in [0.29, 0.717) is 0 Å². The third-order valence-corrected chi connectivity index (χ3v) is 2.21. The maximum Gasteiger partial charge on any atom is 0.368 e. The van der Waals surface area contributed by atoms with E-state index >= 15 is 0 Å². The molecule has 0 aromatic rings. The molecule has 0 bridgehead atoms. The fourth-order valence-electron chi connectivity index (χ4n) is 0.454. The Labute approximate surface area is 60.1 Å². The molecule has 5 heteroatoms. The summed E-state index contributed by atoms with van der Waals surface area (Å²) < 4.78 is 31.7. The minimum atomic E-state index is -3.49. The lowest BCUT2D eigenvalue weighted by Gasteiger charge is -2.11. The van der Waals surface area contributed by atoms with Crippen LogP contribution in [0.4, 0.5) is 4.39 Å². The molecule has 0 aliphatic heterocycles. The van der Waals surface area contributed by atoms with Gasteiger partial charge in [0, 0.05) is 0 Å². The number of rotatable bonds is 5. The molecule has 0 aromatic heterocycles. The molecule has 1 radical (unpaired) electrons. The van der Waals surface area contributed by atoms with E-state index in [9.17, 15) is 8.96 Å². The topological polar surface area (TPSA) is 35.5 Å². The predicted molar refractivity (Wildman–Crippen MR) is 36.3 cm³/mol. The first-order chi connectivity index (χ1) is 4.68. The van der Waals surface area contributed by atoms with Gasteiger partial charge < -0.3 is 9.05 Å². The summed E-state index contributed by atoms with van der Waals surface area (Å²) >= 11 is 0. The van der Waals surface area contributed by atoms with Crippen molar-refractivity contribution in [2.75, 3.05) is 13.2 Å². The summed E-state index contributed by atoms with van der Waals surface area (Å²) in [5.41, 5.74) is 0. The van der Waals surface area contributed by atoms with Gasteiger partial charge in [-0.1, -0.05) is 0 Å². The van der Waals surface area contributed by atoms with Crippen LogP contribution in [0, 0.1) is 6.42 Å². The summed E-state index contributed by atoms with van der Waals surface area (Å²) in [6, 6.07) is 0. The smallest absolute Gasteiger partial charge is 0.307 e. The molecule has 0 heterocycles. The Bertz CT molecular complexity index is 118. The van der Waals surface area contributed by atoms with Crippen LogP contribution in [0.15, 0.2) is 0 Å². The molecular formula is C5H11FO3P. The van der Waals surface area contributed by atoms with Gasteiger partial charge in [0.2, 0.25) is 6.42 Å². The lowest BCUT2D eigenvalue weighted by molar-refractivity contribution is 0.219. The highest BCUT2D eigenvalue weighted by atomic mass is 31.2. The number of hydrogen-bond donors (Lipinski definition) is 0. The Morgan fingerprint density at radius 1 is 1.40 bits per heavy atom. The van der Waals surface area contributed by atoms with Crippen molar-refractivity contribution in [1.29, 1.82) is 0 Å². The molecule has 0 rings (SSSR count). The molecular weight excluding hydrogens is 158 g/mol. The molecule has 0 fully saturated rings. The largest absolute Gasteiger partial charge is 0.368 e. The summed E-state index contributed by atoms with van der Waals surface area (Å²) in [6.45, 7) is 3.60. The highest BCUT2D eigenvalue weighted by Crippen LogP contribution is 2.51. The van der Waals surface area contributed by atoms with E-state index in [1.54, 1.807) is 13.8 Å². The lowest BCUT2D eigenvalue weighted by Crippen LogP contribution is -1.93. The molecule has 10 heavy (non-hydrogen) atoms. The second-order valence-electron chi connectivity index (χ2n) is 1.47. The molecule has 0 aliphatic carbocycles. The van der Waals surface area contributed by atoms with Gasteiger partial charge in [0.05, 0.1) is 13.2 Å². The molecule has 3 nitrogen and oxygen atoms in total. The zero-order valence-corrected chi connectivity index (χ0v) is 6.94. The van der Waals surface area contributed by atoms with Crippen LogP contribution in [-0.4, -0.2) is 13.2 Å². The molecule has 0 N–H and O–H groups in total. The van der Waals surface area contributed by atoms with Crippen molar-refractivity contribution >= 4 is 7.60 Å². The highest BCUT2D eigenvalue weighted by Gasteiger charge is 2.23. The zero-order chi connectivity index (χ0) is 8.04. The van der Waals surface area contributed by atoms with Gasteiger partial charge >= 0.3 is 7.60 Å². The van der Waals surface area contributed by atoms with E-state index in [1.165, 1.54) is 0 Å². The van der Waals surface area contributed by atoms with E-state index < -0.39 is 7.60 Å². The van der Waals surface area contributed by atoms with Crippen LogP contribution in [0.2, 0.25) is 0 Å². The first kappa shape index (κ1) is 10.1. The zero-order valence-electron chi connectivity index (χ0n) is 6.04. The molecule has 0 atom stereocenters. The van der Waals surface area contributed by atoms with E-state index in [4.69, 9.17) is 0 Å². The number of hydrogen-bond acceptors (Lipinski definition) is 3. The molecule has 0 aliphatic rings. The van der Waals surface area contributed by atoms with Gasteiger partial charge in [-0.25, -0.2) is 4.39 Å². The summed E-state index contributed by atoms with van der Waals surface area (Å²) in [6.07, 6.45) is -0.0278. The van der Waals surface area contributed by atoms with Gasteiger partial charge in [-0.15, -0.1) is 0 Å². The van der Waals surface area contributed by atoms with Crippen LogP contribution in [0.1, 0.15) is 13.8 Å². The minimum absolute atomic E-state index is 0.0278. The molecule has 61 valence electrons. The summed E-state index contributed by atoms with van der Waals surface area (Å²) in [5.74, 6) is 0. The first-order valence-corrected chi connectivity index (χ1v) is 4.63. The van der Waals surface area contributed by atoms with Gasteiger partial charge in [0.25, 0.3) is 0 Å². The average molecular weight is 169 g/mol. The van der Waals surface area contributed by atoms with Crippen molar-refractivity contribution in [2.24, 2.45) is 0 Å². The molecule has 0 unspecified atom stereocenters. The third-order valence-electron chi connectivity index (χ3n) is 0.738. The molecule has 0 aromatic carbocycles. The van der Waals surface area contributed by atoms with Gasteiger partial charge in [0.1, 0.15) is 0 Å². The molecule has 0 amide bonds. The quantitative estimate of drug-likeness (QED) is 0.592. The normalized spacial score (nSPS) is 11.9. The van der Waals surface area contributed by atoms with Crippen LogP contribution >= 0.6 is 7.60 Å². The lowest BCUT2D eigenvalue weighted by atomic mass is 10.9. The van der Waals surface area contributed by atoms with Gasteiger partial charge in [-0.05, 0) is 13.8 Å². The SMILES string of the molecule is CCOP(=O)([CH]F)OCC. The summed E-state index contributed by atoms with van der Waals surface area (Å²) in [4.78, 5) is 0. The Morgan fingerprint density at radius 2 is 1.80 bits per heavy atom. The second-order valence-corrected chi connectivity index (χ2v) is 3.26. The summed E-state index contributed by atoms with van der Waals surface area (Å²) in [7, 11) is -3.49. The average Bonchev–Trinajstić information content (AvgIpc) is 1.89. The van der Waals surface area contributed by atoms with Crippen molar-refractivity contribution in [3.05, 3.63) is 6.42 Å². The maximum atomic E-state index is 11.8. The van der Waals surface area contributed by atoms with E-state index in [1.807, 2.05) is 0 Å². The fourth-order valence-corrected chi connectivity index (χ4v) is 1.36. The standard InChI is InChI=1S/C5H11FO3P/c1-3-8-10(7,5-6)9-4-2/h5H,3-4H2,1-2H3. The van der Waals surface area contributed by atoms with Gasteiger partial charge in [-0.2, -0.15) is 0 Å². The predicted octanol–water partition coefficient (Wildman–Crippen LogP) is 2.34. The van der Waals surface area contributed by atoms with Crippen molar-refractivity contribution in [2.45, 2.75) is 13.8 Å². The highest BCUT2D eigenvalue weighted by molar-refractivity contribution is 7.55. The van der Waals surface area contributed by atoms with Gasteiger partial charge in [0.15, 0.2) is 0 Å². The minimum Gasteiger partial charge on any atom is -0.307 e. The Hall–Kier alpha value is 0.0800. The van der Waals surface area contributed by atoms with Crippen molar-refractivity contribution in [3.8, 4) is 0 Å². The van der Waals surface area contributed by atoms with Crippen molar-refractivity contribution < 1.29 is 18.0 Å². The Morgan fingerprint density at radius 3 is 2.00 bits per heavy atom. The van der Waals surface area contributed by atoms with Gasteiger partial charge in [-0.3, -0.25) is 4.57 Å². The van der Waals surface area contributed by atoms with E-state index in [2.05, 4.69) is 9.05 Å². The second kappa shape index (κ2) is 4.83. The van der Waals surface area contributed by atoms with Crippen LogP contribution in [0.3, 0.4) is 0 Å². The molecule has 0 saturated carbocycles. The van der Waals surface area contributed by atoms with E-state index in [-0.39, 0.29) is 19.6 Å². The fraction of sp³-hybridized carbons (Fsp3) is 0.800. The first-order valence-electron chi connectivity index (χ1n) is 3.02. The van der Waals surface area contributed by atoms with Crippen LogP contribution in [0.5, 0.6) is 0 Å². The Balaban J connectivity index is 3.83. The molecule has 0 spiro atoms. The van der Waals surface area contributed by atoms with E-state index in [0.717, 1.165) is 0 Å².